The molecule has 3 heteroatoms. The Morgan fingerprint density at radius 1 is 1.31 bits per heavy atom. The first-order valence-electron chi connectivity index (χ1n) is 4.31. The number of anilines is 1. The predicted octanol–water partition coefficient (Wildman–Crippen LogP) is 3.21. The van der Waals surface area contributed by atoms with Gasteiger partial charge in [0.2, 0.25) is 0 Å². The topological polar surface area (TPSA) is 3.24 Å². The van der Waals surface area contributed by atoms with Crippen LogP contribution in [-0.2, 0) is 0 Å². The van der Waals surface area contributed by atoms with Gasteiger partial charge in [-0.25, -0.2) is 0 Å². The SMILES string of the molecule is CN(CCCS)c1ccc(Br)cc1. The van der Waals surface area contributed by atoms with Gasteiger partial charge < -0.3 is 4.90 Å². The highest BCUT2D eigenvalue weighted by molar-refractivity contribution is 9.10. The average molecular weight is 260 g/mol. The summed E-state index contributed by atoms with van der Waals surface area (Å²) in [5.41, 5.74) is 1.25. The van der Waals surface area contributed by atoms with E-state index < -0.39 is 0 Å². The fourth-order valence-corrected chi connectivity index (χ4v) is 1.54. The smallest absolute Gasteiger partial charge is 0.0364 e. The molecule has 0 aliphatic rings. The Labute approximate surface area is 93.7 Å². The van der Waals surface area contributed by atoms with Gasteiger partial charge in [0.15, 0.2) is 0 Å². The normalized spacial score (nSPS) is 10.1. The van der Waals surface area contributed by atoms with E-state index in [1.165, 1.54) is 5.69 Å². The molecule has 0 atom stereocenters. The summed E-state index contributed by atoms with van der Waals surface area (Å²) >= 11 is 7.61. The van der Waals surface area contributed by atoms with Crippen LogP contribution < -0.4 is 4.90 Å². The Kier molecular flexibility index (Phi) is 4.67. The molecule has 0 aromatic heterocycles. The first-order chi connectivity index (χ1) is 6.24. The molecule has 1 rings (SSSR count). The third-order valence-corrected chi connectivity index (χ3v) is 2.76. The first kappa shape index (κ1) is 10.9. The minimum Gasteiger partial charge on any atom is -0.375 e. The summed E-state index contributed by atoms with van der Waals surface area (Å²) in [6, 6.07) is 8.35. The van der Waals surface area contributed by atoms with Crippen LogP contribution in [-0.4, -0.2) is 19.3 Å². The molecule has 0 saturated heterocycles. The molecule has 0 saturated carbocycles. The summed E-state index contributed by atoms with van der Waals surface area (Å²) in [5, 5.41) is 0. The van der Waals surface area contributed by atoms with E-state index in [0.29, 0.717) is 0 Å². The molecule has 1 aromatic carbocycles. The second-order valence-corrected chi connectivity index (χ2v) is 4.34. The maximum absolute atomic E-state index is 4.19. The van der Waals surface area contributed by atoms with Crippen molar-refractivity contribution < 1.29 is 0 Å². The van der Waals surface area contributed by atoms with Crippen LogP contribution in [0.4, 0.5) is 5.69 Å². The Morgan fingerprint density at radius 2 is 1.92 bits per heavy atom. The lowest BCUT2D eigenvalue weighted by Gasteiger charge is -2.18. The number of rotatable bonds is 4. The van der Waals surface area contributed by atoms with Gasteiger partial charge in [0.25, 0.3) is 0 Å². The molecule has 0 unspecified atom stereocenters. The molecule has 0 aliphatic heterocycles. The molecule has 1 nitrogen and oxygen atoms in total. The van der Waals surface area contributed by atoms with E-state index in [1.807, 2.05) is 0 Å². The van der Waals surface area contributed by atoms with Gasteiger partial charge in [-0.15, -0.1) is 0 Å². The zero-order chi connectivity index (χ0) is 9.68. The van der Waals surface area contributed by atoms with Crippen molar-refractivity contribution >= 4 is 34.2 Å². The third kappa shape index (κ3) is 3.61. The van der Waals surface area contributed by atoms with Crippen LogP contribution in [0.2, 0.25) is 0 Å². The summed E-state index contributed by atoms with van der Waals surface area (Å²) in [4.78, 5) is 2.24. The van der Waals surface area contributed by atoms with Crippen LogP contribution >= 0.6 is 28.6 Å². The maximum atomic E-state index is 4.19. The molecule has 0 heterocycles. The van der Waals surface area contributed by atoms with Crippen LogP contribution in [0.1, 0.15) is 6.42 Å². The van der Waals surface area contributed by atoms with Gasteiger partial charge in [-0.3, -0.25) is 0 Å². The minimum absolute atomic E-state index is 0.945. The highest BCUT2D eigenvalue weighted by Gasteiger charge is 1.98. The summed E-state index contributed by atoms with van der Waals surface area (Å²) in [6.07, 6.45) is 1.12. The molecular formula is C10H14BrNS. The van der Waals surface area contributed by atoms with E-state index in [0.717, 1.165) is 23.2 Å². The second kappa shape index (κ2) is 5.55. The molecule has 0 N–H and O–H groups in total. The number of halogens is 1. The molecule has 0 bridgehead atoms. The van der Waals surface area contributed by atoms with Gasteiger partial charge in [-0.2, -0.15) is 12.6 Å². The van der Waals surface area contributed by atoms with Crippen molar-refractivity contribution in [2.45, 2.75) is 6.42 Å². The molecule has 72 valence electrons. The fraction of sp³-hybridized carbons (Fsp3) is 0.400. The van der Waals surface area contributed by atoms with Crippen molar-refractivity contribution in [1.29, 1.82) is 0 Å². The number of thiol groups is 1. The fourth-order valence-electron chi connectivity index (χ4n) is 1.13. The number of nitrogens with zero attached hydrogens (tertiary/aromatic N) is 1. The predicted molar refractivity (Wildman–Crippen MR) is 65.9 cm³/mol. The van der Waals surface area contributed by atoms with Crippen molar-refractivity contribution in [3.8, 4) is 0 Å². The van der Waals surface area contributed by atoms with Crippen molar-refractivity contribution in [2.24, 2.45) is 0 Å². The maximum Gasteiger partial charge on any atom is 0.0364 e. The summed E-state index contributed by atoms with van der Waals surface area (Å²) in [5.74, 6) is 0.945. The lowest BCUT2D eigenvalue weighted by atomic mass is 10.3. The Hall–Kier alpha value is -0.150. The Balaban J connectivity index is 2.55. The Bertz CT molecular complexity index is 248. The van der Waals surface area contributed by atoms with Gasteiger partial charge in [-0.1, -0.05) is 15.9 Å². The molecule has 0 spiro atoms. The van der Waals surface area contributed by atoms with E-state index in [4.69, 9.17) is 0 Å². The van der Waals surface area contributed by atoms with Gasteiger partial charge in [0.05, 0.1) is 0 Å². The van der Waals surface area contributed by atoms with Crippen LogP contribution in [0, 0.1) is 0 Å². The standard InChI is InChI=1S/C10H14BrNS/c1-12(7-2-8-13)10-5-3-9(11)4-6-10/h3-6,13H,2,7-8H2,1H3. The van der Waals surface area contributed by atoms with Gasteiger partial charge in [0, 0.05) is 23.8 Å². The van der Waals surface area contributed by atoms with Gasteiger partial charge in [0.1, 0.15) is 0 Å². The van der Waals surface area contributed by atoms with Gasteiger partial charge >= 0.3 is 0 Å². The van der Waals surface area contributed by atoms with Crippen molar-refractivity contribution in [3.05, 3.63) is 28.7 Å². The zero-order valence-electron chi connectivity index (χ0n) is 7.70. The minimum atomic E-state index is 0.945. The van der Waals surface area contributed by atoms with E-state index in [-0.39, 0.29) is 0 Å². The molecule has 0 fully saturated rings. The number of hydrogen-bond donors (Lipinski definition) is 1. The van der Waals surface area contributed by atoms with Crippen molar-refractivity contribution in [1.82, 2.24) is 0 Å². The van der Waals surface area contributed by atoms with Crippen LogP contribution in [0.5, 0.6) is 0 Å². The second-order valence-electron chi connectivity index (χ2n) is 2.98. The van der Waals surface area contributed by atoms with Gasteiger partial charge in [-0.05, 0) is 36.4 Å². The van der Waals surface area contributed by atoms with E-state index in [9.17, 15) is 0 Å². The molecule has 0 aliphatic carbocycles. The summed E-state index contributed by atoms with van der Waals surface area (Å²) in [6.45, 7) is 1.06. The lowest BCUT2D eigenvalue weighted by Crippen LogP contribution is -2.18. The molecule has 0 amide bonds. The largest absolute Gasteiger partial charge is 0.375 e. The summed E-state index contributed by atoms with van der Waals surface area (Å²) < 4.78 is 1.12. The average Bonchev–Trinajstić information content (AvgIpc) is 2.15. The van der Waals surface area contributed by atoms with E-state index in [1.54, 1.807) is 0 Å². The van der Waals surface area contributed by atoms with Crippen molar-refractivity contribution in [3.63, 3.8) is 0 Å². The highest BCUT2D eigenvalue weighted by atomic mass is 79.9. The summed E-state index contributed by atoms with van der Waals surface area (Å²) in [7, 11) is 2.10. The van der Waals surface area contributed by atoms with E-state index in [2.05, 4.69) is 64.8 Å². The van der Waals surface area contributed by atoms with Crippen LogP contribution in [0.25, 0.3) is 0 Å². The first-order valence-corrected chi connectivity index (χ1v) is 5.74. The highest BCUT2D eigenvalue weighted by Crippen LogP contribution is 2.17. The number of benzene rings is 1. The van der Waals surface area contributed by atoms with Crippen LogP contribution in [0.3, 0.4) is 0 Å². The Morgan fingerprint density at radius 3 is 2.46 bits per heavy atom. The quantitative estimate of drug-likeness (QED) is 0.813. The van der Waals surface area contributed by atoms with Crippen LogP contribution in [0.15, 0.2) is 28.7 Å². The van der Waals surface area contributed by atoms with E-state index >= 15 is 0 Å². The monoisotopic (exact) mass is 259 g/mol. The molecule has 13 heavy (non-hydrogen) atoms. The number of hydrogen-bond acceptors (Lipinski definition) is 2. The molecule has 0 radical (unpaired) electrons. The van der Waals surface area contributed by atoms with Crippen molar-refractivity contribution in [2.75, 3.05) is 24.2 Å². The lowest BCUT2D eigenvalue weighted by molar-refractivity contribution is 0.861. The third-order valence-electron chi connectivity index (χ3n) is 1.92. The molecular weight excluding hydrogens is 246 g/mol. The molecule has 1 aromatic rings. The zero-order valence-corrected chi connectivity index (χ0v) is 10.2.